The zero-order chi connectivity index (χ0) is 20.3. The largest absolute Gasteiger partial charge is 0.279 e. The van der Waals surface area contributed by atoms with Crippen LogP contribution >= 0.6 is 57.7 Å². The van der Waals surface area contributed by atoms with Crippen LogP contribution in [-0.2, 0) is 10.0 Å². The van der Waals surface area contributed by atoms with Crippen molar-refractivity contribution in [1.29, 1.82) is 0 Å². The van der Waals surface area contributed by atoms with Crippen molar-refractivity contribution in [2.24, 2.45) is 3.21 Å². The molecule has 3 rings (SSSR count). The first-order valence-corrected chi connectivity index (χ1v) is 11.4. The molecular weight excluding hydrogens is 554 g/mol. The molecule has 0 aromatic heterocycles. The fourth-order valence-corrected chi connectivity index (χ4v) is 4.67. The maximum atomic E-state index is 12.9. The predicted octanol–water partition coefficient (Wildman–Crippen LogP) is 6.64. The van der Waals surface area contributed by atoms with Crippen LogP contribution in [0, 0.1) is 0 Å². The second-order valence-electron chi connectivity index (χ2n) is 5.67. The van der Waals surface area contributed by atoms with E-state index in [0.29, 0.717) is 22.0 Å². The maximum absolute atomic E-state index is 12.9. The van der Waals surface area contributed by atoms with Gasteiger partial charge < -0.3 is 0 Å². The second-order valence-corrected chi connectivity index (χ2v) is 9.09. The van der Waals surface area contributed by atoms with Crippen molar-refractivity contribution in [3.8, 4) is 0 Å². The smallest absolute Gasteiger partial charge is 0.261 e. The van der Waals surface area contributed by atoms with Gasteiger partial charge in [-0.1, -0.05) is 65.1 Å². The van der Waals surface area contributed by atoms with Crippen LogP contribution in [0.3, 0.4) is 0 Å². The molecule has 4 nitrogen and oxygen atoms in total. The Kier molecular flexibility index (Phi) is 6.88. The first-order chi connectivity index (χ1) is 13.3. The molecule has 28 heavy (non-hydrogen) atoms. The van der Waals surface area contributed by atoms with Crippen molar-refractivity contribution in [3.63, 3.8) is 0 Å². The number of benzene rings is 3. The average molecular weight is 566 g/mol. The number of hydrogen-bond acceptors (Lipinski definition) is 3. The highest BCUT2D eigenvalue weighted by Gasteiger charge is 2.20. The Hall–Kier alpha value is -1.32. The molecule has 0 atom stereocenters. The first kappa shape index (κ1) is 21.4. The lowest BCUT2D eigenvalue weighted by molar-refractivity contribution is 0.601. The zero-order valence-corrected chi connectivity index (χ0v) is 19.3. The summed E-state index contributed by atoms with van der Waals surface area (Å²) in [6, 6.07) is 18.4. The van der Waals surface area contributed by atoms with Crippen molar-refractivity contribution in [1.82, 2.24) is 0 Å². The number of hydrogen-bond donors (Lipinski definition) is 1. The molecule has 0 saturated carbocycles. The summed E-state index contributed by atoms with van der Waals surface area (Å²) in [4.78, 5) is -0.00419. The number of sulfonamides is 1. The van der Waals surface area contributed by atoms with Gasteiger partial charge in [-0.25, -0.2) is 11.6 Å². The highest BCUT2D eigenvalue weighted by Crippen LogP contribution is 2.29. The third kappa shape index (κ3) is 4.80. The Bertz CT molecular complexity index is 1150. The van der Waals surface area contributed by atoms with E-state index in [1.54, 1.807) is 18.2 Å². The van der Waals surface area contributed by atoms with Gasteiger partial charge in [-0.05, 0) is 36.4 Å². The SMILES string of the molecule is O=S(=O)(Nc1ccc(Cl)cc1/C(=N/I)c1ccccc1)c1ccc(Cl)c(Cl)c1. The number of nitrogens with zero attached hydrogens (tertiary/aromatic N) is 1. The molecule has 0 bridgehead atoms. The van der Waals surface area contributed by atoms with Gasteiger partial charge in [-0.15, -0.1) is 0 Å². The third-order valence-electron chi connectivity index (χ3n) is 3.81. The summed E-state index contributed by atoms with van der Waals surface area (Å²) in [5, 5.41) is 0.886. The summed E-state index contributed by atoms with van der Waals surface area (Å²) in [5.41, 5.74) is 2.32. The molecule has 0 saturated heterocycles. The number of rotatable bonds is 5. The minimum atomic E-state index is -3.91. The predicted molar refractivity (Wildman–Crippen MR) is 125 cm³/mol. The topological polar surface area (TPSA) is 58.5 Å². The molecule has 0 radical (unpaired) electrons. The molecule has 0 amide bonds. The molecule has 0 aliphatic heterocycles. The van der Waals surface area contributed by atoms with E-state index in [-0.39, 0.29) is 14.9 Å². The summed E-state index contributed by atoms with van der Waals surface area (Å²) < 4.78 is 32.6. The number of anilines is 1. The zero-order valence-electron chi connectivity index (χ0n) is 14.0. The van der Waals surface area contributed by atoms with E-state index in [1.807, 2.05) is 53.2 Å². The first-order valence-electron chi connectivity index (χ1n) is 7.84. The van der Waals surface area contributed by atoms with Crippen LogP contribution in [0.25, 0.3) is 0 Å². The van der Waals surface area contributed by atoms with Gasteiger partial charge in [0.05, 0.1) is 49.2 Å². The molecule has 3 aromatic carbocycles. The lowest BCUT2D eigenvalue weighted by atomic mass is 10.0. The van der Waals surface area contributed by atoms with Gasteiger partial charge in [-0.3, -0.25) is 4.72 Å². The molecule has 0 heterocycles. The molecular formula is C19H12Cl3IN2O2S. The van der Waals surface area contributed by atoms with E-state index in [0.717, 1.165) is 5.56 Å². The Morgan fingerprint density at radius 3 is 2.25 bits per heavy atom. The third-order valence-corrected chi connectivity index (χ3v) is 6.63. The van der Waals surface area contributed by atoms with E-state index in [1.165, 1.54) is 18.2 Å². The number of nitrogens with one attached hydrogen (secondary N) is 1. The van der Waals surface area contributed by atoms with E-state index < -0.39 is 10.0 Å². The maximum Gasteiger partial charge on any atom is 0.261 e. The lowest BCUT2D eigenvalue weighted by Crippen LogP contribution is -2.16. The van der Waals surface area contributed by atoms with Gasteiger partial charge in [0.2, 0.25) is 0 Å². The van der Waals surface area contributed by atoms with Gasteiger partial charge in [0.15, 0.2) is 0 Å². The van der Waals surface area contributed by atoms with Crippen LogP contribution in [0.5, 0.6) is 0 Å². The molecule has 1 N–H and O–H groups in total. The fraction of sp³-hybridized carbons (Fsp3) is 0. The highest BCUT2D eigenvalue weighted by atomic mass is 127. The summed E-state index contributed by atoms with van der Waals surface area (Å²) in [5.74, 6) is 0. The Labute approximate surface area is 192 Å². The van der Waals surface area contributed by atoms with E-state index in [4.69, 9.17) is 34.8 Å². The van der Waals surface area contributed by atoms with Crippen LogP contribution < -0.4 is 4.72 Å². The molecule has 0 spiro atoms. The fourth-order valence-electron chi connectivity index (χ4n) is 2.49. The summed E-state index contributed by atoms with van der Waals surface area (Å²) in [7, 11) is -3.91. The lowest BCUT2D eigenvalue weighted by Gasteiger charge is -2.15. The Balaban J connectivity index is 2.07. The van der Waals surface area contributed by atoms with Crippen LogP contribution in [0.4, 0.5) is 5.69 Å². The van der Waals surface area contributed by atoms with Crippen molar-refractivity contribution in [2.45, 2.75) is 4.90 Å². The van der Waals surface area contributed by atoms with Gasteiger partial charge in [-0.2, -0.15) is 0 Å². The second kappa shape index (κ2) is 9.00. The minimum absolute atomic E-state index is 0.00419. The van der Waals surface area contributed by atoms with Crippen molar-refractivity contribution < 1.29 is 8.42 Å². The molecule has 0 aliphatic rings. The number of halogens is 4. The molecule has 0 unspecified atom stereocenters. The normalized spacial score (nSPS) is 12.1. The Morgan fingerprint density at radius 1 is 0.893 bits per heavy atom. The monoisotopic (exact) mass is 564 g/mol. The van der Waals surface area contributed by atoms with Gasteiger partial charge in [0.1, 0.15) is 0 Å². The molecule has 9 heteroatoms. The van der Waals surface area contributed by atoms with Crippen molar-refractivity contribution in [2.75, 3.05) is 4.72 Å². The van der Waals surface area contributed by atoms with Crippen LogP contribution in [0.15, 0.2) is 74.8 Å². The quantitative estimate of drug-likeness (QED) is 0.279. The molecule has 0 fully saturated rings. The van der Waals surface area contributed by atoms with E-state index in [9.17, 15) is 8.42 Å². The van der Waals surface area contributed by atoms with Crippen LogP contribution in [0.2, 0.25) is 15.1 Å². The van der Waals surface area contributed by atoms with Crippen molar-refractivity contribution in [3.05, 3.63) is 92.9 Å². The molecule has 144 valence electrons. The summed E-state index contributed by atoms with van der Waals surface area (Å²) >= 11 is 19.9. The summed E-state index contributed by atoms with van der Waals surface area (Å²) in [6.07, 6.45) is 0. The molecule has 3 aromatic rings. The van der Waals surface area contributed by atoms with Gasteiger partial charge in [0, 0.05) is 16.1 Å². The standard InChI is InChI=1S/C19H12Cl3IN2O2S/c20-13-6-9-18(15(10-13)19(24-23)12-4-2-1-3-5-12)25-28(26,27)14-7-8-16(21)17(22)11-14/h1-11,25H/b24-19+. The highest BCUT2D eigenvalue weighted by molar-refractivity contribution is 14.1. The van der Waals surface area contributed by atoms with E-state index in [2.05, 4.69) is 7.93 Å². The summed E-state index contributed by atoms with van der Waals surface area (Å²) in [6.45, 7) is 0. The van der Waals surface area contributed by atoms with Gasteiger partial charge >= 0.3 is 0 Å². The van der Waals surface area contributed by atoms with E-state index >= 15 is 0 Å². The minimum Gasteiger partial charge on any atom is -0.279 e. The van der Waals surface area contributed by atoms with Crippen molar-refractivity contribution >= 4 is 79.1 Å². The van der Waals surface area contributed by atoms with Crippen LogP contribution in [-0.4, -0.2) is 14.1 Å². The Morgan fingerprint density at radius 2 is 1.61 bits per heavy atom. The average Bonchev–Trinajstić information content (AvgIpc) is 2.67. The van der Waals surface area contributed by atoms with Gasteiger partial charge in [0.25, 0.3) is 10.0 Å². The van der Waals surface area contributed by atoms with Crippen LogP contribution in [0.1, 0.15) is 11.1 Å². The molecule has 0 aliphatic carbocycles.